The van der Waals surface area contributed by atoms with Crippen molar-refractivity contribution in [1.29, 1.82) is 0 Å². The summed E-state index contributed by atoms with van der Waals surface area (Å²) in [6, 6.07) is 13.2. The van der Waals surface area contributed by atoms with Gasteiger partial charge in [-0.1, -0.05) is 19.1 Å². The standard InChI is InChI=1S/C21H22N4O3/c1-2-11-25-18-6-4-3-5-17(18)23-21(25)24-20(27)13-28-15-8-9-16-14(12-15)7-10-19(26)22-16/h3-6,8-9,12H,2,7,10-11,13H2,1H3,(H,22,26)(H,23,24,27). The van der Waals surface area contributed by atoms with Crippen molar-refractivity contribution in [1.82, 2.24) is 9.55 Å². The highest BCUT2D eigenvalue weighted by atomic mass is 16.5. The zero-order valence-corrected chi connectivity index (χ0v) is 15.7. The molecule has 0 saturated carbocycles. The molecule has 2 aromatic carbocycles. The van der Waals surface area contributed by atoms with Gasteiger partial charge in [0.1, 0.15) is 5.75 Å². The minimum atomic E-state index is -0.265. The number of aryl methyl sites for hydroxylation is 2. The SMILES string of the molecule is CCCn1c(NC(=O)COc2ccc3c(c2)CCC(=O)N3)nc2ccccc21. The van der Waals surface area contributed by atoms with Crippen molar-refractivity contribution in [2.24, 2.45) is 0 Å². The Kier molecular flexibility index (Phi) is 4.97. The Labute approximate surface area is 162 Å². The molecule has 0 unspecified atom stereocenters. The molecule has 3 aromatic rings. The lowest BCUT2D eigenvalue weighted by atomic mass is 10.0. The van der Waals surface area contributed by atoms with E-state index in [2.05, 4.69) is 22.5 Å². The summed E-state index contributed by atoms with van der Waals surface area (Å²) < 4.78 is 7.65. The lowest BCUT2D eigenvalue weighted by Crippen LogP contribution is -2.23. The maximum absolute atomic E-state index is 12.4. The number of para-hydroxylation sites is 2. The van der Waals surface area contributed by atoms with Crippen molar-refractivity contribution in [2.45, 2.75) is 32.7 Å². The fourth-order valence-corrected chi connectivity index (χ4v) is 3.38. The monoisotopic (exact) mass is 378 g/mol. The molecule has 28 heavy (non-hydrogen) atoms. The fourth-order valence-electron chi connectivity index (χ4n) is 3.38. The van der Waals surface area contributed by atoms with Gasteiger partial charge >= 0.3 is 0 Å². The van der Waals surface area contributed by atoms with E-state index < -0.39 is 0 Å². The quantitative estimate of drug-likeness (QED) is 0.689. The van der Waals surface area contributed by atoms with Gasteiger partial charge in [-0.25, -0.2) is 4.98 Å². The Morgan fingerprint density at radius 3 is 2.96 bits per heavy atom. The molecule has 1 aliphatic rings. The van der Waals surface area contributed by atoms with E-state index >= 15 is 0 Å². The number of nitrogens with zero attached hydrogens (tertiary/aromatic N) is 2. The van der Waals surface area contributed by atoms with Crippen molar-refractivity contribution in [3.05, 3.63) is 48.0 Å². The van der Waals surface area contributed by atoms with Gasteiger partial charge in [0.25, 0.3) is 5.91 Å². The summed E-state index contributed by atoms with van der Waals surface area (Å²) in [5.74, 6) is 0.895. The Balaban J connectivity index is 1.43. The van der Waals surface area contributed by atoms with Gasteiger partial charge in [-0.15, -0.1) is 0 Å². The number of aromatic nitrogens is 2. The zero-order valence-electron chi connectivity index (χ0n) is 15.7. The van der Waals surface area contributed by atoms with Gasteiger partial charge < -0.3 is 14.6 Å². The number of benzene rings is 2. The molecule has 0 fully saturated rings. The van der Waals surface area contributed by atoms with Crippen LogP contribution in [0, 0.1) is 0 Å². The molecule has 0 aliphatic carbocycles. The number of fused-ring (bicyclic) bond motifs is 2. The van der Waals surface area contributed by atoms with Crippen LogP contribution in [0.4, 0.5) is 11.6 Å². The molecule has 0 spiro atoms. The van der Waals surface area contributed by atoms with E-state index in [1.807, 2.05) is 34.9 Å². The Hall–Kier alpha value is -3.35. The first-order valence-electron chi connectivity index (χ1n) is 9.44. The number of carbonyl (C=O) groups is 2. The van der Waals surface area contributed by atoms with Crippen molar-refractivity contribution in [3.63, 3.8) is 0 Å². The number of hydrogen-bond acceptors (Lipinski definition) is 4. The molecule has 2 amide bonds. The van der Waals surface area contributed by atoms with Crippen LogP contribution in [-0.2, 0) is 22.6 Å². The molecule has 0 radical (unpaired) electrons. The van der Waals surface area contributed by atoms with E-state index in [0.717, 1.165) is 35.2 Å². The molecule has 7 nitrogen and oxygen atoms in total. The molecular formula is C21H22N4O3. The van der Waals surface area contributed by atoms with Crippen LogP contribution in [0.25, 0.3) is 11.0 Å². The molecule has 1 aromatic heterocycles. The van der Waals surface area contributed by atoms with Crippen molar-refractivity contribution >= 4 is 34.5 Å². The van der Waals surface area contributed by atoms with Gasteiger partial charge in [0.15, 0.2) is 6.61 Å². The van der Waals surface area contributed by atoms with Gasteiger partial charge in [0.05, 0.1) is 11.0 Å². The summed E-state index contributed by atoms with van der Waals surface area (Å²) in [6.07, 6.45) is 2.07. The van der Waals surface area contributed by atoms with Crippen LogP contribution < -0.4 is 15.4 Å². The van der Waals surface area contributed by atoms with Gasteiger partial charge in [0, 0.05) is 18.7 Å². The van der Waals surface area contributed by atoms with E-state index in [1.54, 1.807) is 12.1 Å². The molecule has 0 atom stereocenters. The average Bonchev–Trinajstić information content (AvgIpc) is 3.04. The number of rotatable bonds is 6. The molecule has 7 heteroatoms. The first-order chi connectivity index (χ1) is 13.6. The van der Waals surface area contributed by atoms with Crippen LogP contribution in [0.2, 0.25) is 0 Å². The Morgan fingerprint density at radius 1 is 1.25 bits per heavy atom. The molecule has 2 N–H and O–H groups in total. The second-order valence-electron chi connectivity index (χ2n) is 6.78. The number of ether oxygens (including phenoxy) is 1. The topological polar surface area (TPSA) is 85.2 Å². The summed E-state index contributed by atoms with van der Waals surface area (Å²) in [4.78, 5) is 28.4. The number of anilines is 2. The molecule has 4 rings (SSSR count). The van der Waals surface area contributed by atoms with E-state index in [9.17, 15) is 9.59 Å². The predicted molar refractivity (Wildman–Crippen MR) is 108 cm³/mol. The van der Waals surface area contributed by atoms with Gasteiger partial charge in [0.2, 0.25) is 11.9 Å². The second kappa shape index (κ2) is 7.72. The molecule has 2 heterocycles. The third-order valence-corrected chi connectivity index (χ3v) is 4.70. The highest BCUT2D eigenvalue weighted by Crippen LogP contribution is 2.27. The molecule has 144 valence electrons. The van der Waals surface area contributed by atoms with E-state index in [1.165, 1.54) is 0 Å². The summed E-state index contributed by atoms with van der Waals surface area (Å²) in [6.45, 7) is 2.75. The highest BCUT2D eigenvalue weighted by molar-refractivity contribution is 5.94. The van der Waals surface area contributed by atoms with Crippen molar-refractivity contribution in [2.75, 3.05) is 17.2 Å². The molecular weight excluding hydrogens is 356 g/mol. The van der Waals surface area contributed by atoms with E-state index in [0.29, 0.717) is 24.5 Å². The fraction of sp³-hybridized carbons (Fsp3) is 0.286. The second-order valence-corrected chi connectivity index (χ2v) is 6.78. The predicted octanol–water partition coefficient (Wildman–Crippen LogP) is 3.35. The third-order valence-electron chi connectivity index (χ3n) is 4.70. The lowest BCUT2D eigenvalue weighted by molar-refractivity contribution is -0.118. The Morgan fingerprint density at radius 2 is 2.11 bits per heavy atom. The smallest absolute Gasteiger partial charge is 0.264 e. The lowest BCUT2D eigenvalue weighted by Gasteiger charge is -2.17. The van der Waals surface area contributed by atoms with Crippen LogP contribution in [0.5, 0.6) is 5.75 Å². The largest absolute Gasteiger partial charge is 0.484 e. The molecule has 0 saturated heterocycles. The van der Waals surface area contributed by atoms with Crippen LogP contribution in [0.1, 0.15) is 25.3 Å². The maximum Gasteiger partial charge on any atom is 0.264 e. The summed E-state index contributed by atoms with van der Waals surface area (Å²) in [5, 5.41) is 5.68. The maximum atomic E-state index is 12.4. The average molecular weight is 378 g/mol. The van der Waals surface area contributed by atoms with Crippen LogP contribution in [0.3, 0.4) is 0 Å². The first-order valence-corrected chi connectivity index (χ1v) is 9.44. The zero-order chi connectivity index (χ0) is 19.5. The van der Waals surface area contributed by atoms with Crippen LogP contribution in [0.15, 0.2) is 42.5 Å². The van der Waals surface area contributed by atoms with Crippen molar-refractivity contribution < 1.29 is 14.3 Å². The summed E-state index contributed by atoms with van der Waals surface area (Å²) in [5.41, 5.74) is 3.67. The first kappa shape index (κ1) is 18.0. The van der Waals surface area contributed by atoms with Gasteiger partial charge in [-0.2, -0.15) is 0 Å². The summed E-state index contributed by atoms with van der Waals surface area (Å²) >= 11 is 0. The number of nitrogens with one attached hydrogen (secondary N) is 2. The minimum absolute atomic E-state index is 0.0236. The van der Waals surface area contributed by atoms with E-state index in [4.69, 9.17) is 4.74 Å². The van der Waals surface area contributed by atoms with Crippen LogP contribution in [-0.4, -0.2) is 28.0 Å². The number of amides is 2. The summed E-state index contributed by atoms with van der Waals surface area (Å²) in [7, 11) is 0. The minimum Gasteiger partial charge on any atom is -0.484 e. The number of hydrogen-bond donors (Lipinski definition) is 2. The third kappa shape index (κ3) is 3.69. The van der Waals surface area contributed by atoms with Crippen molar-refractivity contribution in [3.8, 4) is 5.75 Å². The van der Waals surface area contributed by atoms with Crippen LogP contribution >= 0.6 is 0 Å². The van der Waals surface area contributed by atoms with E-state index in [-0.39, 0.29) is 18.4 Å². The molecule has 0 bridgehead atoms. The highest BCUT2D eigenvalue weighted by Gasteiger charge is 2.16. The normalized spacial score (nSPS) is 13.1. The van der Waals surface area contributed by atoms with Gasteiger partial charge in [-0.05, 0) is 48.7 Å². The Bertz CT molecular complexity index is 1040. The number of carbonyl (C=O) groups excluding carboxylic acids is 2. The molecule has 1 aliphatic heterocycles. The number of imidazole rings is 1. The van der Waals surface area contributed by atoms with Gasteiger partial charge in [-0.3, -0.25) is 14.9 Å².